The maximum absolute atomic E-state index is 4.27. The van der Waals surface area contributed by atoms with Crippen molar-refractivity contribution in [2.45, 2.75) is 40.0 Å². The van der Waals surface area contributed by atoms with Crippen LogP contribution in [0.2, 0.25) is 0 Å². The first kappa shape index (κ1) is 18.1. The molecule has 2 heteroatoms. The molecule has 0 atom stereocenters. The SMILES string of the molecule is C=C(/C=C/c1ccc(N(CC)C(=C)CCCC)c(C)c1)NC. The summed E-state index contributed by atoms with van der Waals surface area (Å²) in [5, 5.41) is 3.02. The minimum absolute atomic E-state index is 0.907. The van der Waals surface area contributed by atoms with Gasteiger partial charge in [0.2, 0.25) is 0 Å². The molecule has 0 saturated carbocycles. The van der Waals surface area contributed by atoms with Crippen LogP contribution in [-0.2, 0) is 0 Å². The Hall–Kier alpha value is -1.96. The molecule has 0 aliphatic rings. The average molecular weight is 298 g/mol. The third-order valence-electron chi connectivity index (χ3n) is 3.83. The van der Waals surface area contributed by atoms with Crippen LogP contribution in [-0.4, -0.2) is 13.6 Å². The largest absolute Gasteiger partial charge is 0.389 e. The van der Waals surface area contributed by atoms with E-state index < -0.39 is 0 Å². The zero-order chi connectivity index (χ0) is 16.5. The van der Waals surface area contributed by atoms with Gasteiger partial charge in [0.1, 0.15) is 0 Å². The lowest BCUT2D eigenvalue weighted by Crippen LogP contribution is -2.22. The summed E-state index contributed by atoms with van der Waals surface area (Å²) in [6.45, 7) is 15.7. The number of benzene rings is 1. The molecule has 0 amide bonds. The predicted molar refractivity (Wildman–Crippen MR) is 100 cm³/mol. The summed E-state index contributed by atoms with van der Waals surface area (Å²) >= 11 is 0. The fraction of sp³-hybridized carbons (Fsp3) is 0.400. The molecule has 22 heavy (non-hydrogen) atoms. The van der Waals surface area contributed by atoms with Crippen molar-refractivity contribution >= 4 is 11.8 Å². The van der Waals surface area contributed by atoms with Crippen molar-refractivity contribution in [3.8, 4) is 0 Å². The first-order valence-corrected chi connectivity index (χ1v) is 8.14. The number of nitrogens with zero attached hydrogens (tertiary/aromatic N) is 1. The third-order valence-corrected chi connectivity index (χ3v) is 3.83. The first-order chi connectivity index (χ1) is 10.5. The lowest BCUT2D eigenvalue weighted by Gasteiger charge is -2.27. The Balaban J connectivity index is 2.93. The smallest absolute Gasteiger partial charge is 0.0438 e. The van der Waals surface area contributed by atoms with E-state index in [0.29, 0.717) is 0 Å². The van der Waals surface area contributed by atoms with E-state index in [1.54, 1.807) is 0 Å². The van der Waals surface area contributed by atoms with Crippen LogP contribution in [0.15, 0.2) is 48.8 Å². The van der Waals surface area contributed by atoms with Crippen LogP contribution in [0, 0.1) is 6.92 Å². The van der Waals surface area contributed by atoms with E-state index in [-0.39, 0.29) is 0 Å². The van der Waals surface area contributed by atoms with Crippen molar-refractivity contribution in [3.63, 3.8) is 0 Å². The van der Waals surface area contributed by atoms with Crippen molar-refractivity contribution in [2.24, 2.45) is 0 Å². The summed E-state index contributed by atoms with van der Waals surface area (Å²) in [6, 6.07) is 6.56. The number of hydrogen-bond acceptors (Lipinski definition) is 2. The highest BCUT2D eigenvalue weighted by Gasteiger charge is 2.10. The van der Waals surface area contributed by atoms with E-state index >= 15 is 0 Å². The molecule has 0 saturated heterocycles. The molecular weight excluding hydrogens is 268 g/mol. The standard InChI is InChI=1S/C20H30N2/c1-7-9-10-18(5)22(8-2)20-14-13-19(15-16(20)3)12-11-17(4)21-6/h11-15,21H,4-5,7-10H2,1-3,6H3/b12-11+. The van der Waals surface area contributed by atoms with Crippen LogP contribution in [0.4, 0.5) is 5.69 Å². The minimum Gasteiger partial charge on any atom is -0.389 e. The van der Waals surface area contributed by atoms with Crippen molar-refractivity contribution in [1.29, 1.82) is 0 Å². The van der Waals surface area contributed by atoms with Crippen LogP contribution < -0.4 is 10.2 Å². The van der Waals surface area contributed by atoms with Crippen molar-refractivity contribution in [3.05, 3.63) is 60.0 Å². The highest BCUT2D eigenvalue weighted by atomic mass is 15.1. The minimum atomic E-state index is 0.907. The lowest BCUT2D eigenvalue weighted by atomic mass is 10.1. The van der Waals surface area contributed by atoms with Gasteiger partial charge in [0.05, 0.1) is 0 Å². The molecule has 1 N–H and O–H groups in total. The Labute approximate surface area is 136 Å². The number of unbranched alkanes of at least 4 members (excludes halogenated alkanes) is 1. The molecule has 0 aromatic heterocycles. The van der Waals surface area contributed by atoms with Gasteiger partial charge < -0.3 is 10.2 Å². The fourth-order valence-electron chi connectivity index (χ4n) is 2.45. The molecule has 2 nitrogen and oxygen atoms in total. The van der Waals surface area contributed by atoms with Gasteiger partial charge in [-0.2, -0.15) is 0 Å². The molecule has 0 radical (unpaired) electrons. The van der Waals surface area contributed by atoms with Crippen molar-refractivity contribution in [2.75, 3.05) is 18.5 Å². The van der Waals surface area contributed by atoms with Crippen LogP contribution in [0.25, 0.3) is 6.08 Å². The number of hydrogen-bond donors (Lipinski definition) is 1. The van der Waals surface area contributed by atoms with Gasteiger partial charge in [-0.05, 0) is 56.0 Å². The van der Waals surface area contributed by atoms with E-state index in [2.05, 4.69) is 68.4 Å². The molecule has 120 valence electrons. The predicted octanol–water partition coefficient (Wildman–Crippen LogP) is 5.27. The molecule has 1 rings (SSSR count). The second kappa shape index (κ2) is 9.14. The Morgan fingerprint density at radius 3 is 2.55 bits per heavy atom. The van der Waals surface area contributed by atoms with Gasteiger partial charge in [0.25, 0.3) is 0 Å². The van der Waals surface area contributed by atoms with Gasteiger partial charge in [-0.15, -0.1) is 0 Å². The van der Waals surface area contributed by atoms with Crippen LogP contribution in [0.5, 0.6) is 0 Å². The van der Waals surface area contributed by atoms with Crippen LogP contribution in [0.1, 0.15) is 44.2 Å². The molecule has 0 unspecified atom stereocenters. The number of likely N-dealkylation sites (N-methyl/N-ethyl adjacent to an activating group) is 1. The molecule has 0 heterocycles. The van der Waals surface area contributed by atoms with Gasteiger partial charge in [0.15, 0.2) is 0 Å². The van der Waals surface area contributed by atoms with E-state index in [1.165, 1.54) is 35.4 Å². The van der Waals surface area contributed by atoms with Crippen LogP contribution >= 0.6 is 0 Å². The van der Waals surface area contributed by atoms with E-state index in [1.807, 2.05) is 13.1 Å². The summed E-state index contributed by atoms with van der Waals surface area (Å²) in [7, 11) is 1.88. The highest BCUT2D eigenvalue weighted by Crippen LogP contribution is 2.26. The quantitative estimate of drug-likeness (QED) is 0.625. The zero-order valence-electron chi connectivity index (χ0n) is 14.6. The topological polar surface area (TPSA) is 15.3 Å². The van der Waals surface area contributed by atoms with Gasteiger partial charge in [-0.3, -0.25) is 0 Å². The second-order valence-electron chi connectivity index (χ2n) is 5.57. The number of rotatable bonds is 9. The molecule has 0 aliphatic carbocycles. The molecule has 0 spiro atoms. The Morgan fingerprint density at radius 1 is 1.27 bits per heavy atom. The number of allylic oxidation sites excluding steroid dienone is 2. The molecular formula is C20H30N2. The number of anilines is 1. The van der Waals surface area contributed by atoms with Crippen LogP contribution in [0.3, 0.4) is 0 Å². The summed E-state index contributed by atoms with van der Waals surface area (Å²) in [5.41, 5.74) is 5.84. The van der Waals surface area contributed by atoms with Crippen molar-refractivity contribution < 1.29 is 0 Å². The lowest BCUT2D eigenvalue weighted by molar-refractivity contribution is 0.755. The van der Waals surface area contributed by atoms with Crippen molar-refractivity contribution in [1.82, 2.24) is 5.32 Å². The van der Waals surface area contributed by atoms with E-state index in [0.717, 1.165) is 18.7 Å². The Morgan fingerprint density at radius 2 is 2.00 bits per heavy atom. The molecule has 0 aliphatic heterocycles. The molecule has 1 aromatic rings. The Bertz CT molecular complexity index is 541. The van der Waals surface area contributed by atoms with Gasteiger partial charge in [0, 0.05) is 30.7 Å². The van der Waals surface area contributed by atoms with Gasteiger partial charge >= 0.3 is 0 Å². The maximum atomic E-state index is 4.27. The number of nitrogens with one attached hydrogen (secondary N) is 1. The summed E-state index contributed by atoms with van der Waals surface area (Å²) in [5.74, 6) is 0. The summed E-state index contributed by atoms with van der Waals surface area (Å²) < 4.78 is 0. The molecule has 0 fully saturated rings. The molecule has 1 aromatic carbocycles. The fourth-order valence-corrected chi connectivity index (χ4v) is 2.45. The average Bonchev–Trinajstić information content (AvgIpc) is 2.52. The zero-order valence-corrected chi connectivity index (χ0v) is 14.6. The third kappa shape index (κ3) is 5.10. The van der Waals surface area contributed by atoms with E-state index in [4.69, 9.17) is 0 Å². The monoisotopic (exact) mass is 298 g/mol. The summed E-state index contributed by atoms with van der Waals surface area (Å²) in [4.78, 5) is 2.32. The maximum Gasteiger partial charge on any atom is 0.0438 e. The second-order valence-corrected chi connectivity index (χ2v) is 5.57. The Kier molecular flexibility index (Phi) is 7.51. The normalized spacial score (nSPS) is 10.7. The summed E-state index contributed by atoms with van der Waals surface area (Å²) in [6.07, 6.45) is 7.54. The van der Waals surface area contributed by atoms with Gasteiger partial charge in [-0.25, -0.2) is 0 Å². The first-order valence-electron chi connectivity index (χ1n) is 8.14. The van der Waals surface area contributed by atoms with Gasteiger partial charge in [-0.1, -0.05) is 38.6 Å². The number of aryl methyl sites for hydroxylation is 1. The van der Waals surface area contributed by atoms with E-state index in [9.17, 15) is 0 Å². The highest BCUT2D eigenvalue weighted by molar-refractivity contribution is 5.63. The molecule has 0 bridgehead atoms.